The Morgan fingerprint density at radius 2 is 1.57 bits per heavy atom. The van der Waals surface area contributed by atoms with Crippen molar-refractivity contribution in [2.75, 3.05) is 21.3 Å². The van der Waals surface area contributed by atoms with Crippen molar-refractivity contribution in [2.45, 2.75) is 0 Å². The number of hydrogen-bond acceptors (Lipinski definition) is 6. The van der Waals surface area contributed by atoms with Crippen LogP contribution in [-0.4, -0.2) is 38.3 Å². The number of benzene rings is 2. The smallest absolute Gasteiger partial charge is 0.269 e. The largest absolute Gasteiger partial charge is 0.493 e. The van der Waals surface area contributed by atoms with Crippen LogP contribution in [0.4, 0.5) is 0 Å². The third kappa shape index (κ3) is 6.46. The van der Waals surface area contributed by atoms with Gasteiger partial charge in [0.1, 0.15) is 0 Å². The van der Waals surface area contributed by atoms with Gasteiger partial charge in [-0.1, -0.05) is 28.1 Å². The van der Waals surface area contributed by atoms with Gasteiger partial charge >= 0.3 is 0 Å². The van der Waals surface area contributed by atoms with Crippen molar-refractivity contribution in [1.29, 1.82) is 0 Å². The fraction of sp³-hybridized carbons (Fsp3) is 0.150. The molecule has 0 aliphatic rings. The van der Waals surface area contributed by atoms with Gasteiger partial charge in [-0.05, 0) is 48.1 Å². The maximum atomic E-state index is 12.4. The van der Waals surface area contributed by atoms with E-state index in [9.17, 15) is 9.59 Å². The summed E-state index contributed by atoms with van der Waals surface area (Å²) in [5.74, 6) is 0.0606. The molecule has 158 valence electrons. The zero-order valence-electron chi connectivity index (χ0n) is 16.4. The van der Waals surface area contributed by atoms with Crippen molar-refractivity contribution in [1.82, 2.24) is 16.2 Å². The predicted octanol–water partition coefficient (Wildman–Crippen LogP) is 2.82. The van der Waals surface area contributed by atoms with Crippen LogP contribution in [0.15, 0.2) is 46.9 Å². The molecular weight excluding hydrogens is 474 g/mol. The van der Waals surface area contributed by atoms with E-state index in [0.717, 1.165) is 10.0 Å². The summed E-state index contributed by atoms with van der Waals surface area (Å²) < 4.78 is 16.6. The zero-order chi connectivity index (χ0) is 22.1. The highest BCUT2D eigenvalue weighted by atomic mass is 79.9. The number of carbonyl (C=O) groups excluding carboxylic acids is 2. The SMILES string of the molecule is COc1cc(C(=O)NNC(=S)NC(=O)/C=C/c2ccc(Br)cc2)cc(OC)c1OC. The molecule has 10 heteroatoms. The predicted molar refractivity (Wildman–Crippen MR) is 121 cm³/mol. The molecule has 0 aliphatic heterocycles. The van der Waals surface area contributed by atoms with E-state index in [4.69, 9.17) is 26.4 Å². The van der Waals surface area contributed by atoms with Crippen LogP contribution in [0.1, 0.15) is 15.9 Å². The average molecular weight is 494 g/mol. The van der Waals surface area contributed by atoms with E-state index in [0.29, 0.717) is 17.2 Å². The Balaban J connectivity index is 1.93. The second-order valence-electron chi connectivity index (χ2n) is 5.70. The second-order valence-corrected chi connectivity index (χ2v) is 7.02. The molecule has 2 amide bonds. The van der Waals surface area contributed by atoms with E-state index in [2.05, 4.69) is 32.1 Å². The lowest BCUT2D eigenvalue weighted by Gasteiger charge is -2.14. The fourth-order valence-corrected chi connectivity index (χ4v) is 2.74. The zero-order valence-corrected chi connectivity index (χ0v) is 18.8. The summed E-state index contributed by atoms with van der Waals surface area (Å²) in [6.07, 6.45) is 2.97. The Morgan fingerprint density at radius 3 is 2.10 bits per heavy atom. The second kappa shape index (κ2) is 11.2. The Bertz CT molecular complexity index is 938. The van der Waals surface area contributed by atoms with Crippen LogP contribution >= 0.6 is 28.1 Å². The van der Waals surface area contributed by atoms with Gasteiger partial charge in [-0.15, -0.1) is 0 Å². The number of methoxy groups -OCH3 is 3. The van der Waals surface area contributed by atoms with Crippen molar-refractivity contribution < 1.29 is 23.8 Å². The third-order valence-electron chi connectivity index (χ3n) is 3.75. The first-order chi connectivity index (χ1) is 14.4. The van der Waals surface area contributed by atoms with Crippen molar-refractivity contribution in [2.24, 2.45) is 0 Å². The van der Waals surface area contributed by atoms with Crippen LogP contribution in [0.2, 0.25) is 0 Å². The maximum absolute atomic E-state index is 12.4. The van der Waals surface area contributed by atoms with E-state index < -0.39 is 11.8 Å². The first kappa shape index (κ1) is 23.2. The Labute approximate surface area is 187 Å². The molecule has 2 aromatic carbocycles. The molecule has 0 saturated heterocycles. The number of thiocarbonyl (C=S) groups is 1. The number of halogens is 1. The number of amides is 2. The molecule has 0 heterocycles. The molecule has 0 radical (unpaired) electrons. The standard InChI is InChI=1S/C20H20BrN3O5S/c1-27-15-10-13(11-16(28-2)18(15)29-3)19(26)23-24-20(30)22-17(25)9-6-12-4-7-14(21)8-5-12/h4-11H,1-3H3,(H,23,26)(H2,22,24,25,30)/b9-6+. The van der Waals surface area contributed by atoms with Gasteiger partial charge in [-0.25, -0.2) is 0 Å². The third-order valence-corrected chi connectivity index (χ3v) is 4.48. The number of ether oxygens (including phenoxy) is 3. The summed E-state index contributed by atoms with van der Waals surface area (Å²) in [4.78, 5) is 24.3. The lowest BCUT2D eigenvalue weighted by atomic mass is 10.1. The van der Waals surface area contributed by atoms with E-state index in [-0.39, 0.29) is 10.7 Å². The molecule has 0 bridgehead atoms. The quantitative estimate of drug-likeness (QED) is 0.323. The van der Waals surface area contributed by atoms with Crippen LogP contribution in [0, 0.1) is 0 Å². The monoisotopic (exact) mass is 493 g/mol. The normalized spacial score (nSPS) is 10.3. The van der Waals surface area contributed by atoms with Gasteiger partial charge in [0.25, 0.3) is 5.91 Å². The topological polar surface area (TPSA) is 97.9 Å². The van der Waals surface area contributed by atoms with Gasteiger partial charge in [0, 0.05) is 16.1 Å². The number of nitrogens with one attached hydrogen (secondary N) is 3. The number of carbonyl (C=O) groups is 2. The summed E-state index contributed by atoms with van der Waals surface area (Å²) in [5, 5.41) is 2.36. The first-order valence-corrected chi connectivity index (χ1v) is 9.73. The highest BCUT2D eigenvalue weighted by Gasteiger charge is 2.17. The van der Waals surface area contributed by atoms with Gasteiger partial charge in [0.2, 0.25) is 11.7 Å². The van der Waals surface area contributed by atoms with Gasteiger partial charge in [-0.2, -0.15) is 0 Å². The number of hydrogen-bond donors (Lipinski definition) is 3. The van der Waals surface area contributed by atoms with E-state index in [1.165, 1.54) is 39.5 Å². The van der Waals surface area contributed by atoms with E-state index in [1.807, 2.05) is 24.3 Å². The fourth-order valence-electron chi connectivity index (χ4n) is 2.33. The molecule has 0 spiro atoms. The number of rotatable bonds is 6. The van der Waals surface area contributed by atoms with Crippen molar-refractivity contribution in [3.05, 3.63) is 58.1 Å². The molecule has 2 rings (SSSR count). The molecule has 30 heavy (non-hydrogen) atoms. The Hall–Kier alpha value is -3.11. The molecule has 8 nitrogen and oxygen atoms in total. The maximum Gasteiger partial charge on any atom is 0.269 e. The van der Waals surface area contributed by atoms with Crippen LogP contribution in [0.3, 0.4) is 0 Å². The molecule has 0 saturated carbocycles. The van der Waals surface area contributed by atoms with Crippen LogP contribution in [0.25, 0.3) is 6.08 Å². The van der Waals surface area contributed by atoms with E-state index in [1.54, 1.807) is 6.08 Å². The van der Waals surface area contributed by atoms with Crippen molar-refractivity contribution in [3.8, 4) is 17.2 Å². The lowest BCUT2D eigenvalue weighted by molar-refractivity contribution is -0.115. The summed E-state index contributed by atoms with van der Waals surface area (Å²) in [6, 6.07) is 10.4. The molecule has 0 atom stereocenters. The molecular formula is C20H20BrN3O5S. The highest BCUT2D eigenvalue weighted by Crippen LogP contribution is 2.38. The van der Waals surface area contributed by atoms with Crippen LogP contribution in [-0.2, 0) is 4.79 Å². The Morgan fingerprint density at radius 1 is 0.967 bits per heavy atom. The lowest BCUT2D eigenvalue weighted by Crippen LogP contribution is -2.48. The van der Waals surface area contributed by atoms with Crippen LogP contribution < -0.4 is 30.4 Å². The minimum absolute atomic E-state index is 0.0683. The minimum Gasteiger partial charge on any atom is -0.493 e. The summed E-state index contributed by atoms with van der Waals surface area (Å²) in [5.41, 5.74) is 5.95. The number of hydrazine groups is 1. The minimum atomic E-state index is -0.517. The van der Waals surface area contributed by atoms with Gasteiger partial charge in [-0.3, -0.25) is 25.8 Å². The molecule has 0 unspecified atom stereocenters. The van der Waals surface area contributed by atoms with E-state index >= 15 is 0 Å². The summed E-state index contributed by atoms with van der Waals surface area (Å²) >= 11 is 8.36. The van der Waals surface area contributed by atoms with Crippen LogP contribution in [0.5, 0.6) is 17.2 Å². The summed E-state index contributed by atoms with van der Waals surface area (Å²) in [6.45, 7) is 0. The molecule has 0 aromatic heterocycles. The van der Waals surface area contributed by atoms with Gasteiger partial charge < -0.3 is 14.2 Å². The molecule has 0 aliphatic carbocycles. The van der Waals surface area contributed by atoms with Gasteiger partial charge in [0.05, 0.1) is 21.3 Å². The highest BCUT2D eigenvalue weighted by molar-refractivity contribution is 9.10. The Kier molecular flexibility index (Phi) is 8.63. The summed E-state index contributed by atoms with van der Waals surface area (Å²) in [7, 11) is 4.36. The van der Waals surface area contributed by atoms with Crippen molar-refractivity contribution in [3.63, 3.8) is 0 Å². The molecule has 0 fully saturated rings. The van der Waals surface area contributed by atoms with Gasteiger partial charge in [0.15, 0.2) is 16.6 Å². The molecule has 3 N–H and O–H groups in total. The first-order valence-electron chi connectivity index (χ1n) is 8.53. The average Bonchev–Trinajstić information content (AvgIpc) is 2.75. The molecule has 2 aromatic rings. The van der Waals surface area contributed by atoms with Crippen molar-refractivity contribution >= 4 is 51.2 Å².